The fraction of sp³-hybridized carbons (Fsp3) is 0.250. The van der Waals surface area contributed by atoms with E-state index >= 15 is 0 Å². The van der Waals surface area contributed by atoms with Gasteiger partial charge in [-0.05, 0) is 12.5 Å². The Hall–Kier alpha value is -1.57. The van der Waals surface area contributed by atoms with Crippen molar-refractivity contribution in [1.82, 2.24) is 0 Å². The molecule has 14 heavy (non-hydrogen) atoms. The monoisotopic (exact) mass is 188 g/mol. The first kappa shape index (κ1) is 9.00. The minimum absolute atomic E-state index is 0.223. The van der Waals surface area contributed by atoms with Gasteiger partial charge >= 0.3 is 5.97 Å². The molecule has 2 rings (SSSR count). The van der Waals surface area contributed by atoms with Crippen molar-refractivity contribution in [3.63, 3.8) is 0 Å². The molecule has 0 N–H and O–H groups in total. The Balaban J connectivity index is 2.39. The van der Waals surface area contributed by atoms with Gasteiger partial charge in [-0.1, -0.05) is 37.6 Å². The lowest BCUT2D eigenvalue weighted by Gasteiger charge is -1.93. The lowest BCUT2D eigenvalue weighted by Crippen LogP contribution is -2.00. The quantitative estimate of drug-likeness (QED) is 0.405. The SMILES string of the molecule is CCC/C=C1\C(=O)Oc2ccccc21. The van der Waals surface area contributed by atoms with Crippen LogP contribution in [0.25, 0.3) is 5.57 Å². The van der Waals surface area contributed by atoms with Gasteiger partial charge < -0.3 is 4.74 Å². The molecule has 72 valence electrons. The first-order valence-corrected chi connectivity index (χ1v) is 4.84. The molecular formula is C12H12O2. The predicted octanol–water partition coefficient (Wildman–Crippen LogP) is 2.79. The van der Waals surface area contributed by atoms with Gasteiger partial charge in [0.05, 0.1) is 5.57 Å². The molecule has 0 amide bonds. The normalized spacial score (nSPS) is 16.9. The Bertz CT molecular complexity index is 391. The number of esters is 1. The summed E-state index contributed by atoms with van der Waals surface area (Å²) in [5.74, 6) is 0.458. The fourth-order valence-electron chi connectivity index (χ4n) is 1.52. The van der Waals surface area contributed by atoms with Crippen molar-refractivity contribution in [3.8, 4) is 5.75 Å². The van der Waals surface area contributed by atoms with Crippen molar-refractivity contribution >= 4 is 11.5 Å². The summed E-state index contributed by atoms with van der Waals surface area (Å²) in [6.07, 6.45) is 3.91. The van der Waals surface area contributed by atoms with Crippen LogP contribution in [-0.4, -0.2) is 5.97 Å². The molecule has 0 atom stereocenters. The van der Waals surface area contributed by atoms with Crippen LogP contribution in [0.3, 0.4) is 0 Å². The van der Waals surface area contributed by atoms with E-state index < -0.39 is 0 Å². The molecule has 1 aliphatic heterocycles. The van der Waals surface area contributed by atoms with Crippen LogP contribution in [-0.2, 0) is 4.79 Å². The summed E-state index contributed by atoms with van der Waals surface area (Å²) < 4.78 is 5.11. The summed E-state index contributed by atoms with van der Waals surface area (Å²) in [5, 5.41) is 0. The molecule has 0 aromatic heterocycles. The van der Waals surface area contributed by atoms with Gasteiger partial charge in [-0.2, -0.15) is 0 Å². The highest BCUT2D eigenvalue weighted by Crippen LogP contribution is 2.33. The summed E-state index contributed by atoms with van der Waals surface area (Å²) in [5.41, 5.74) is 1.63. The number of unbranched alkanes of at least 4 members (excludes halogenated alkanes) is 1. The van der Waals surface area contributed by atoms with E-state index in [-0.39, 0.29) is 5.97 Å². The first-order chi connectivity index (χ1) is 6.83. The van der Waals surface area contributed by atoms with E-state index in [1.807, 2.05) is 30.3 Å². The van der Waals surface area contributed by atoms with Crippen molar-refractivity contribution in [2.24, 2.45) is 0 Å². The average molecular weight is 188 g/mol. The maximum atomic E-state index is 11.4. The van der Waals surface area contributed by atoms with Gasteiger partial charge in [0.2, 0.25) is 0 Å². The standard InChI is InChI=1S/C12H12O2/c1-2-3-6-10-9-7-4-5-8-11(9)14-12(10)13/h4-8H,2-3H2,1H3/b10-6-. The number of ether oxygens (including phenoxy) is 1. The maximum absolute atomic E-state index is 11.4. The molecule has 0 radical (unpaired) electrons. The Labute approximate surface area is 83.2 Å². The highest BCUT2D eigenvalue weighted by atomic mass is 16.5. The number of benzene rings is 1. The summed E-state index contributed by atoms with van der Waals surface area (Å²) in [6.45, 7) is 2.09. The number of rotatable bonds is 2. The topological polar surface area (TPSA) is 26.3 Å². The molecule has 2 nitrogen and oxygen atoms in total. The molecule has 0 unspecified atom stereocenters. The highest BCUT2D eigenvalue weighted by molar-refractivity contribution is 6.21. The van der Waals surface area contributed by atoms with Gasteiger partial charge in [0, 0.05) is 5.56 Å². The van der Waals surface area contributed by atoms with Crippen LogP contribution in [0.2, 0.25) is 0 Å². The van der Waals surface area contributed by atoms with Crippen LogP contribution in [0.4, 0.5) is 0 Å². The third-order valence-corrected chi connectivity index (χ3v) is 2.24. The van der Waals surface area contributed by atoms with Crippen LogP contribution in [0.1, 0.15) is 25.3 Å². The maximum Gasteiger partial charge on any atom is 0.343 e. The van der Waals surface area contributed by atoms with Crippen LogP contribution < -0.4 is 4.74 Å². The van der Waals surface area contributed by atoms with Gasteiger partial charge in [0.15, 0.2) is 0 Å². The van der Waals surface area contributed by atoms with Gasteiger partial charge in [0.25, 0.3) is 0 Å². The zero-order chi connectivity index (χ0) is 9.97. The van der Waals surface area contributed by atoms with E-state index in [1.165, 1.54) is 0 Å². The Morgan fingerprint density at radius 3 is 2.93 bits per heavy atom. The van der Waals surface area contributed by atoms with Crippen LogP contribution in [0, 0.1) is 0 Å². The largest absolute Gasteiger partial charge is 0.422 e. The molecule has 0 bridgehead atoms. The van der Waals surface area contributed by atoms with Crippen LogP contribution in [0.15, 0.2) is 30.3 Å². The predicted molar refractivity (Wildman–Crippen MR) is 55.0 cm³/mol. The van der Waals surface area contributed by atoms with Crippen molar-refractivity contribution < 1.29 is 9.53 Å². The van der Waals surface area contributed by atoms with Gasteiger partial charge in [-0.15, -0.1) is 0 Å². The lowest BCUT2D eigenvalue weighted by atomic mass is 10.1. The van der Waals surface area contributed by atoms with E-state index in [9.17, 15) is 4.79 Å². The molecule has 2 heteroatoms. The second-order valence-corrected chi connectivity index (χ2v) is 3.29. The molecule has 1 aliphatic rings. The summed E-state index contributed by atoms with van der Waals surface area (Å²) >= 11 is 0. The second-order valence-electron chi connectivity index (χ2n) is 3.29. The van der Waals surface area contributed by atoms with E-state index in [0.717, 1.165) is 18.4 Å². The number of allylic oxidation sites excluding steroid dienone is 1. The number of hydrogen-bond donors (Lipinski definition) is 0. The Morgan fingerprint density at radius 2 is 2.14 bits per heavy atom. The van der Waals surface area contributed by atoms with E-state index in [1.54, 1.807) is 0 Å². The van der Waals surface area contributed by atoms with E-state index in [2.05, 4.69) is 6.92 Å². The zero-order valence-corrected chi connectivity index (χ0v) is 8.12. The lowest BCUT2D eigenvalue weighted by molar-refractivity contribution is -0.127. The van der Waals surface area contributed by atoms with Gasteiger partial charge in [-0.3, -0.25) is 0 Å². The second kappa shape index (κ2) is 3.66. The Kier molecular flexibility index (Phi) is 2.35. The minimum atomic E-state index is -0.223. The molecule has 1 aromatic carbocycles. The number of hydrogen-bond acceptors (Lipinski definition) is 2. The molecule has 0 spiro atoms. The number of para-hydroxylation sites is 1. The molecule has 1 heterocycles. The molecule has 0 saturated carbocycles. The molecule has 0 aliphatic carbocycles. The van der Waals surface area contributed by atoms with Crippen molar-refractivity contribution in [1.29, 1.82) is 0 Å². The summed E-state index contributed by atoms with van der Waals surface area (Å²) in [7, 11) is 0. The van der Waals surface area contributed by atoms with Crippen molar-refractivity contribution in [2.45, 2.75) is 19.8 Å². The fourth-order valence-corrected chi connectivity index (χ4v) is 1.52. The number of carbonyl (C=O) groups excluding carboxylic acids is 1. The van der Waals surface area contributed by atoms with Crippen molar-refractivity contribution in [3.05, 3.63) is 35.9 Å². The third-order valence-electron chi connectivity index (χ3n) is 2.24. The van der Waals surface area contributed by atoms with Gasteiger partial charge in [0.1, 0.15) is 5.75 Å². The van der Waals surface area contributed by atoms with E-state index in [0.29, 0.717) is 11.3 Å². The zero-order valence-electron chi connectivity index (χ0n) is 8.12. The highest BCUT2D eigenvalue weighted by Gasteiger charge is 2.25. The first-order valence-electron chi connectivity index (χ1n) is 4.84. The average Bonchev–Trinajstić information content (AvgIpc) is 2.51. The summed E-state index contributed by atoms with van der Waals surface area (Å²) in [4.78, 5) is 11.4. The van der Waals surface area contributed by atoms with Crippen molar-refractivity contribution in [2.75, 3.05) is 0 Å². The smallest absolute Gasteiger partial charge is 0.343 e. The van der Waals surface area contributed by atoms with Crippen LogP contribution >= 0.6 is 0 Å². The Morgan fingerprint density at radius 1 is 1.36 bits per heavy atom. The molecular weight excluding hydrogens is 176 g/mol. The third kappa shape index (κ3) is 1.43. The van der Waals surface area contributed by atoms with Crippen LogP contribution in [0.5, 0.6) is 5.75 Å². The minimum Gasteiger partial charge on any atom is -0.422 e. The summed E-state index contributed by atoms with van der Waals surface area (Å²) in [6, 6.07) is 7.52. The molecule has 0 saturated heterocycles. The van der Waals surface area contributed by atoms with Gasteiger partial charge in [-0.25, -0.2) is 4.79 Å². The molecule has 0 fully saturated rings. The molecule has 1 aromatic rings. The van der Waals surface area contributed by atoms with E-state index in [4.69, 9.17) is 4.74 Å². The number of fused-ring (bicyclic) bond motifs is 1. The number of carbonyl (C=O) groups is 1.